The SMILES string of the molecule is NC=NO.[H-].[K+]. The minimum absolute atomic E-state index is 0. The number of oxime groups is 1. The van der Waals surface area contributed by atoms with Gasteiger partial charge in [0.2, 0.25) is 0 Å². The Labute approximate surface area is 74.1 Å². The second-order valence-corrected chi connectivity index (χ2v) is 0.265. The first kappa shape index (κ1) is 9.32. The summed E-state index contributed by atoms with van der Waals surface area (Å²) in [5, 5.41) is 9.71. The maximum Gasteiger partial charge on any atom is 1.00 e. The maximum absolute atomic E-state index is 7.32. The predicted molar refractivity (Wildman–Crippen MR) is 15.6 cm³/mol. The fraction of sp³-hybridized carbons (Fsp3) is 0. The van der Waals surface area contributed by atoms with Gasteiger partial charge in [-0.05, 0) is 0 Å². The van der Waals surface area contributed by atoms with Gasteiger partial charge in [-0.1, -0.05) is 5.16 Å². The zero-order valence-electron chi connectivity index (χ0n) is 4.05. The molecule has 0 saturated carbocycles. The van der Waals surface area contributed by atoms with Crippen molar-refractivity contribution in [3.8, 4) is 0 Å². The molecule has 0 saturated heterocycles. The summed E-state index contributed by atoms with van der Waals surface area (Å²) in [6, 6.07) is 0. The molecule has 0 aromatic heterocycles. The van der Waals surface area contributed by atoms with Crippen LogP contribution in [0.25, 0.3) is 0 Å². The molecule has 0 spiro atoms. The van der Waals surface area contributed by atoms with Gasteiger partial charge < -0.3 is 12.4 Å². The molecule has 26 valence electrons. The van der Waals surface area contributed by atoms with Crippen molar-refractivity contribution in [2.45, 2.75) is 0 Å². The van der Waals surface area contributed by atoms with Gasteiger partial charge in [0.05, 0.1) is 0 Å². The Kier molecular flexibility index (Phi) is 16.5. The number of nitrogens with two attached hydrogens (primary N) is 1. The van der Waals surface area contributed by atoms with Gasteiger partial charge in [-0.25, -0.2) is 0 Å². The number of nitrogens with zero attached hydrogens (tertiary/aromatic N) is 1. The average Bonchev–Trinajstić information content (AvgIpc) is 1.37. The van der Waals surface area contributed by atoms with Gasteiger partial charge >= 0.3 is 51.4 Å². The summed E-state index contributed by atoms with van der Waals surface area (Å²) in [6.07, 6.45) is 0.806. The molecule has 0 amide bonds. The van der Waals surface area contributed by atoms with Crippen LogP contribution in [0.1, 0.15) is 1.43 Å². The standard InChI is InChI=1S/CH4N2O.K.H/c2-1-3-4;;/h1,4H,(H2,2,3);;/q;+1;-1. The van der Waals surface area contributed by atoms with Crippen LogP contribution >= 0.6 is 0 Å². The Morgan fingerprint density at radius 2 is 2.20 bits per heavy atom. The van der Waals surface area contributed by atoms with E-state index in [1.807, 2.05) is 0 Å². The van der Waals surface area contributed by atoms with E-state index in [4.69, 9.17) is 5.21 Å². The first-order chi connectivity index (χ1) is 1.91. The Hall–Kier alpha value is 0.906. The molecule has 0 aromatic rings. The molecule has 4 heteroatoms. The van der Waals surface area contributed by atoms with Crippen molar-refractivity contribution in [2.75, 3.05) is 0 Å². The van der Waals surface area contributed by atoms with Crippen molar-refractivity contribution in [1.29, 1.82) is 0 Å². The average molecular weight is 100 g/mol. The van der Waals surface area contributed by atoms with Gasteiger partial charge in [0.1, 0.15) is 6.34 Å². The van der Waals surface area contributed by atoms with E-state index in [0.29, 0.717) is 0 Å². The summed E-state index contributed by atoms with van der Waals surface area (Å²) in [5.74, 6) is 0. The van der Waals surface area contributed by atoms with E-state index in [1.54, 1.807) is 0 Å². The van der Waals surface area contributed by atoms with Crippen LogP contribution in [0.15, 0.2) is 5.16 Å². The largest absolute Gasteiger partial charge is 1.00 e. The van der Waals surface area contributed by atoms with E-state index >= 15 is 0 Å². The summed E-state index contributed by atoms with van der Waals surface area (Å²) in [5.41, 5.74) is 4.49. The third kappa shape index (κ3) is 11.4. The molecule has 5 heavy (non-hydrogen) atoms. The molecule has 0 aliphatic heterocycles. The van der Waals surface area contributed by atoms with Crippen LogP contribution in [0.2, 0.25) is 0 Å². The first-order valence-corrected chi connectivity index (χ1v) is 0.792. The minimum atomic E-state index is 0. The molecule has 0 aromatic carbocycles. The number of hydrogen-bond donors (Lipinski definition) is 2. The topological polar surface area (TPSA) is 58.6 Å². The Morgan fingerprint density at radius 3 is 2.20 bits per heavy atom. The van der Waals surface area contributed by atoms with Crippen LogP contribution in [0.5, 0.6) is 0 Å². The van der Waals surface area contributed by atoms with Crippen molar-refractivity contribution in [3.05, 3.63) is 0 Å². The maximum atomic E-state index is 7.32. The molecule has 0 bridgehead atoms. The first-order valence-electron chi connectivity index (χ1n) is 0.792. The molecule has 0 radical (unpaired) electrons. The van der Waals surface area contributed by atoms with Crippen molar-refractivity contribution in [1.82, 2.24) is 0 Å². The second kappa shape index (κ2) is 8.86. The summed E-state index contributed by atoms with van der Waals surface area (Å²) >= 11 is 0. The van der Waals surface area contributed by atoms with Crippen molar-refractivity contribution < 1.29 is 58.0 Å². The normalized spacial score (nSPS) is 7.20. The van der Waals surface area contributed by atoms with E-state index in [9.17, 15) is 0 Å². The van der Waals surface area contributed by atoms with E-state index < -0.39 is 0 Å². The van der Waals surface area contributed by atoms with Gasteiger partial charge in [-0.3, -0.25) is 0 Å². The third-order valence-electron chi connectivity index (χ3n) is 0.0667. The Morgan fingerprint density at radius 1 is 2.00 bits per heavy atom. The monoisotopic (exact) mass is 100 g/mol. The summed E-state index contributed by atoms with van der Waals surface area (Å²) in [7, 11) is 0. The molecule has 0 heterocycles. The quantitative estimate of drug-likeness (QED) is 0.109. The van der Waals surface area contributed by atoms with E-state index in [1.165, 1.54) is 0 Å². The van der Waals surface area contributed by atoms with Crippen molar-refractivity contribution in [3.63, 3.8) is 0 Å². The molecular weight excluding hydrogens is 95.1 g/mol. The van der Waals surface area contributed by atoms with E-state index in [2.05, 4.69) is 10.9 Å². The van der Waals surface area contributed by atoms with Crippen LogP contribution in [0.4, 0.5) is 0 Å². The number of hydrogen-bond acceptors (Lipinski definition) is 2. The van der Waals surface area contributed by atoms with E-state index in [-0.39, 0.29) is 52.8 Å². The fourth-order valence-electron chi connectivity index (χ4n) is 0. The zero-order chi connectivity index (χ0) is 3.41. The molecule has 3 N–H and O–H groups in total. The minimum Gasteiger partial charge on any atom is -1.00 e. The van der Waals surface area contributed by atoms with Crippen LogP contribution in [0, 0.1) is 0 Å². The Balaban J connectivity index is -0.0000000450. The van der Waals surface area contributed by atoms with Crippen LogP contribution in [0.3, 0.4) is 0 Å². The van der Waals surface area contributed by atoms with E-state index in [0.717, 1.165) is 6.34 Å². The van der Waals surface area contributed by atoms with Gasteiger partial charge in [-0.2, -0.15) is 0 Å². The Bertz CT molecular complexity index is 28.7. The van der Waals surface area contributed by atoms with Gasteiger partial charge in [0.15, 0.2) is 0 Å². The number of rotatable bonds is 0. The smallest absolute Gasteiger partial charge is 1.00 e. The third-order valence-corrected chi connectivity index (χ3v) is 0.0667. The van der Waals surface area contributed by atoms with Crippen LogP contribution in [-0.4, -0.2) is 11.5 Å². The molecule has 0 unspecified atom stereocenters. The fourth-order valence-corrected chi connectivity index (χ4v) is 0. The molecule has 0 aliphatic rings. The molecule has 0 rings (SSSR count). The van der Waals surface area contributed by atoms with Crippen molar-refractivity contribution >= 4 is 6.34 Å². The van der Waals surface area contributed by atoms with Crippen LogP contribution in [-0.2, 0) is 0 Å². The second-order valence-electron chi connectivity index (χ2n) is 0.265. The molecule has 0 fully saturated rings. The summed E-state index contributed by atoms with van der Waals surface area (Å²) < 4.78 is 0. The van der Waals surface area contributed by atoms with Crippen molar-refractivity contribution in [2.24, 2.45) is 10.9 Å². The zero-order valence-corrected chi connectivity index (χ0v) is 6.17. The van der Waals surface area contributed by atoms with Crippen LogP contribution < -0.4 is 57.1 Å². The molecule has 0 aliphatic carbocycles. The van der Waals surface area contributed by atoms with Gasteiger partial charge in [0.25, 0.3) is 0 Å². The molecule has 3 nitrogen and oxygen atoms in total. The molecular formula is CH5KN2O. The van der Waals surface area contributed by atoms with Gasteiger partial charge in [-0.15, -0.1) is 0 Å². The summed E-state index contributed by atoms with van der Waals surface area (Å²) in [6.45, 7) is 0. The van der Waals surface area contributed by atoms with Gasteiger partial charge in [0, 0.05) is 0 Å². The summed E-state index contributed by atoms with van der Waals surface area (Å²) in [4.78, 5) is 0. The molecule has 0 atom stereocenters. The predicted octanol–water partition coefficient (Wildman–Crippen LogP) is -3.52.